The number of carbonyl (C=O) groups is 1. The van der Waals surface area contributed by atoms with E-state index in [0.29, 0.717) is 18.1 Å². The average molecular weight is 400 g/mol. The number of hydrogen-bond donors (Lipinski definition) is 0. The highest BCUT2D eigenvalue weighted by Crippen LogP contribution is 2.18. The van der Waals surface area contributed by atoms with E-state index < -0.39 is 0 Å². The van der Waals surface area contributed by atoms with Gasteiger partial charge < -0.3 is 9.42 Å². The number of benzene rings is 2. The van der Waals surface area contributed by atoms with E-state index in [1.54, 1.807) is 11.9 Å². The highest BCUT2D eigenvalue weighted by atomic mass is 79.9. The van der Waals surface area contributed by atoms with E-state index in [4.69, 9.17) is 4.52 Å². The van der Waals surface area contributed by atoms with Gasteiger partial charge in [0, 0.05) is 17.1 Å². The maximum Gasteiger partial charge on any atom is 0.246 e. The Morgan fingerprint density at radius 1 is 1.20 bits per heavy atom. The van der Waals surface area contributed by atoms with Crippen LogP contribution in [0.5, 0.6) is 0 Å². The molecular weight excluding hydrogens is 382 g/mol. The summed E-state index contributed by atoms with van der Waals surface area (Å²) in [6.45, 7) is 2.30. The van der Waals surface area contributed by atoms with Crippen molar-refractivity contribution in [2.45, 2.75) is 19.9 Å². The number of amides is 1. The van der Waals surface area contributed by atoms with Crippen LogP contribution in [-0.2, 0) is 17.8 Å². The van der Waals surface area contributed by atoms with Crippen molar-refractivity contribution in [2.24, 2.45) is 0 Å². The Balaban J connectivity index is 1.65. The third-order valence-corrected chi connectivity index (χ3v) is 4.28. The molecular formula is C19H18BrN3O2. The fourth-order valence-corrected chi connectivity index (χ4v) is 2.91. The second-order valence-corrected chi connectivity index (χ2v) is 6.85. The molecule has 0 aliphatic carbocycles. The Morgan fingerprint density at radius 2 is 2.00 bits per heavy atom. The maximum absolute atomic E-state index is 12.4. The fraction of sp³-hybridized carbons (Fsp3) is 0.211. The summed E-state index contributed by atoms with van der Waals surface area (Å²) in [6, 6.07) is 15.6. The van der Waals surface area contributed by atoms with Crippen LogP contribution in [-0.4, -0.2) is 28.0 Å². The summed E-state index contributed by atoms with van der Waals surface area (Å²) in [5.41, 5.74) is 2.99. The molecule has 0 saturated heterocycles. The normalized spacial score (nSPS) is 10.7. The van der Waals surface area contributed by atoms with Gasteiger partial charge in [0.05, 0.1) is 13.0 Å². The Bertz CT molecular complexity index is 892. The molecule has 128 valence electrons. The number of rotatable bonds is 5. The van der Waals surface area contributed by atoms with E-state index in [0.717, 1.165) is 21.2 Å². The van der Waals surface area contributed by atoms with Gasteiger partial charge in [0.15, 0.2) is 0 Å². The zero-order valence-electron chi connectivity index (χ0n) is 14.1. The lowest BCUT2D eigenvalue weighted by Crippen LogP contribution is -2.27. The van der Waals surface area contributed by atoms with Gasteiger partial charge in [-0.2, -0.15) is 4.98 Å². The summed E-state index contributed by atoms with van der Waals surface area (Å²) in [4.78, 5) is 18.3. The van der Waals surface area contributed by atoms with E-state index >= 15 is 0 Å². The molecule has 1 aromatic heterocycles. The van der Waals surface area contributed by atoms with Gasteiger partial charge in [0.1, 0.15) is 0 Å². The number of aryl methyl sites for hydroxylation is 1. The van der Waals surface area contributed by atoms with Crippen LogP contribution in [0, 0.1) is 6.92 Å². The van der Waals surface area contributed by atoms with Crippen LogP contribution in [0.2, 0.25) is 0 Å². The lowest BCUT2D eigenvalue weighted by Gasteiger charge is -2.14. The van der Waals surface area contributed by atoms with Crippen LogP contribution in [0.25, 0.3) is 11.4 Å². The number of aromatic nitrogens is 2. The SMILES string of the molecule is Cc1cccc(-c2noc(CN(C)C(=O)Cc3cccc(Br)c3)n2)c1. The molecule has 0 radical (unpaired) electrons. The van der Waals surface area contributed by atoms with Crippen molar-refractivity contribution in [3.05, 3.63) is 70.0 Å². The van der Waals surface area contributed by atoms with Crippen LogP contribution in [0.3, 0.4) is 0 Å². The molecule has 6 heteroatoms. The first kappa shape index (κ1) is 17.4. The minimum absolute atomic E-state index is 0.00611. The molecule has 0 N–H and O–H groups in total. The van der Waals surface area contributed by atoms with E-state index in [9.17, 15) is 4.79 Å². The van der Waals surface area contributed by atoms with Crippen LogP contribution in [0.1, 0.15) is 17.0 Å². The van der Waals surface area contributed by atoms with E-state index in [1.165, 1.54) is 0 Å². The predicted molar refractivity (Wildman–Crippen MR) is 98.8 cm³/mol. The number of carbonyl (C=O) groups excluding carboxylic acids is 1. The first-order valence-corrected chi connectivity index (χ1v) is 8.68. The molecule has 25 heavy (non-hydrogen) atoms. The van der Waals surface area contributed by atoms with Crippen molar-refractivity contribution >= 4 is 21.8 Å². The summed E-state index contributed by atoms with van der Waals surface area (Å²) >= 11 is 3.41. The number of likely N-dealkylation sites (N-methyl/N-ethyl adjacent to an activating group) is 1. The highest BCUT2D eigenvalue weighted by Gasteiger charge is 2.15. The molecule has 3 aromatic rings. The van der Waals surface area contributed by atoms with Crippen LogP contribution < -0.4 is 0 Å². The van der Waals surface area contributed by atoms with Gasteiger partial charge in [-0.05, 0) is 30.7 Å². The van der Waals surface area contributed by atoms with Crippen molar-refractivity contribution in [3.8, 4) is 11.4 Å². The zero-order chi connectivity index (χ0) is 17.8. The second-order valence-electron chi connectivity index (χ2n) is 5.94. The van der Waals surface area contributed by atoms with Gasteiger partial charge in [-0.1, -0.05) is 57.0 Å². The molecule has 1 heterocycles. The van der Waals surface area contributed by atoms with Gasteiger partial charge >= 0.3 is 0 Å². The predicted octanol–water partition coefficient (Wildman–Crippen LogP) is 4.01. The minimum Gasteiger partial charge on any atom is -0.337 e. The first-order valence-electron chi connectivity index (χ1n) is 7.89. The molecule has 0 unspecified atom stereocenters. The van der Waals surface area contributed by atoms with Gasteiger partial charge in [0.2, 0.25) is 17.6 Å². The monoisotopic (exact) mass is 399 g/mol. The summed E-state index contributed by atoms with van der Waals surface area (Å²) in [5.74, 6) is 0.946. The summed E-state index contributed by atoms with van der Waals surface area (Å²) in [5, 5.41) is 4.01. The highest BCUT2D eigenvalue weighted by molar-refractivity contribution is 9.10. The fourth-order valence-electron chi connectivity index (χ4n) is 2.47. The molecule has 0 spiro atoms. The van der Waals surface area contributed by atoms with E-state index in [-0.39, 0.29) is 12.5 Å². The molecule has 0 atom stereocenters. The standard InChI is InChI=1S/C19H18BrN3O2/c1-13-5-3-7-15(9-13)19-21-17(25-22-19)12-23(2)18(24)11-14-6-4-8-16(20)10-14/h3-10H,11-12H2,1-2H3. The van der Waals surface area contributed by atoms with Crippen molar-refractivity contribution in [1.29, 1.82) is 0 Å². The molecule has 1 amide bonds. The number of halogens is 1. The zero-order valence-corrected chi connectivity index (χ0v) is 15.7. The molecule has 3 rings (SSSR count). The largest absolute Gasteiger partial charge is 0.337 e. The first-order chi connectivity index (χ1) is 12.0. The number of nitrogens with zero attached hydrogens (tertiary/aromatic N) is 3. The Labute approximate surface area is 154 Å². The van der Waals surface area contributed by atoms with Gasteiger partial charge in [0.25, 0.3) is 0 Å². The summed E-state index contributed by atoms with van der Waals surface area (Å²) < 4.78 is 6.25. The van der Waals surface area contributed by atoms with Crippen molar-refractivity contribution in [1.82, 2.24) is 15.0 Å². The third-order valence-electron chi connectivity index (χ3n) is 3.79. The van der Waals surface area contributed by atoms with Gasteiger partial charge in [-0.3, -0.25) is 4.79 Å². The minimum atomic E-state index is -0.00611. The van der Waals surface area contributed by atoms with Crippen LogP contribution in [0.4, 0.5) is 0 Å². The molecule has 0 aliphatic heterocycles. The quantitative estimate of drug-likeness (QED) is 0.650. The average Bonchev–Trinajstić information content (AvgIpc) is 3.03. The van der Waals surface area contributed by atoms with Crippen LogP contribution in [0.15, 0.2) is 57.5 Å². The van der Waals surface area contributed by atoms with Crippen molar-refractivity contribution in [3.63, 3.8) is 0 Å². The van der Waals surface area contributed by atoms with Crippen LogP contribution >= 0.6 is 15.9 Å². The van der Waals surface area contributed by atoms with Gasteiger partial charge in [-0.15, -0.1) is 0 Å². The molecule has 0 fully saturated rings. The Kier molecular flexibility index (Phi) is 5.28. The van der Waals surface area contributed by atoms with E-state index in [2.05, 4.69) is 26.1 Å². The Hall–Kier alpha value is -2.47. The number of hydrogen-bond acceptors (Lipinski definition) is 4. The lowest BCUT2D eigenvalue weighted by molar-refractivity contribution is -0.130. The molecule has 0 saturated carbocycles. The maximum atomic E-state index is 12.4. The Morgan fingerprint density at radius 3 is 2.76 bits per heavy atom. The molecule has 0 aliphatic rings. The molecule has 0 bridgehead atoms. The van der Waals surface area contributed by atoms with Gasteiger partial charge in [-0.25, -0.2) is 0 Å². The molecule has 5 nitrogen and oxygen atoms in total. The summed E-state index contributed by atoms with van der Waals surface area (Å²) in [6.07, 6.45) is 0.328. The summed E-state index contributed by atoms with van der Waals surface area (Å²) in [7, 11) is 1.73. The van der Waals surface area contributed by atoms with Crippen molar-refractivity contribution in [2.75, 3.05) is 7.05 Å². The second kappa shape index (κ2) is 7.61. The third kappa shape index (κ3) is 4.54. The van der Waals surface area contributed by atoms with Crippen molar-refractivity contribution < 1.29 is 9.32 Å². The molecule has 2 aromatic carbocycles. The topological polar surface area (TPSA) is 59.2 Å². The smallest absolute Gasteiger partial charge is 0.246 e. The van der Waals surface area contributed by atoms with E-state index in [1.807, 2.05) is 55.5 Å². The lowest BCUT2D eigenvalue weighted by atomic mass is 10.1.